The molecule has 0 aromatic heterocycles. The molecule has 1 N–H and O–H groups in total. The van der Waals surface area contributed by atoms with Crippen molar-refractivity contribution in [3.63, 3.8) is 0 Å². The smallest absolute Gasteiger partial charge is 0.173 e. The number of thiocarbonyl (C=S) groups is 1. The largest absolute Gasteiger partial charge is 0.346 e. The summed E-state index contributed by atoms with van der Waals surface area (Å²) in [7, 11) is 0. The molecule has 2 aromatic rings. The lowest BCUT2D eigenvalue weighted by molar-refractivity contribution is 0.177. The first-order valence-corrected chi connectivity index (χ1v) is 9.95. The molecule has 0 amide bonds. The summed E-state index contributed by atoms with van der Waals surface area (Å²) in [5, 5.41) is 6.17. The van der Waals surface area contributed by atoms with Crippen LogP contribution in [-0.2, 0) is 6.54 Å². The Labute approximate surface area is 174 Å². The number of benzene rings is 2. The van der Waals surface area contributed by atoms with Gasteiger partial charge in [-0.3, -0.25) is 4.90 Å². The number of rotatable bonds is 3. The molecular weight excluding hydrogens is 409 g/mol. The Bertz CT molecular complexity index is 784. The molecule has 3 nitrogen and oxygen atoms in total. The van der Waals surface area contributed by atoms with Crippen LogP contribution in [0.3, 0.4) is 0 Å². The van der Waals surface area contributed by atoms with Gasteiger partial charge < -0.3 is 10.2 Å². The molecule has 0 atom stereocenters. The maximum Gasteiger partial charge on any atom is 0.173 e. The van der Waals surface area contributed by atoms with E-state index in [0.717, 1.165) is 54.7 Å². The van der Waals surface area contributed by atoms with Crippen LogP contribution in [0.15, 0.2) is 36.4 Å². The van der Waals surface area contributed by atoms with Gasteiger partial charge in [-0.1, -0.05) is 46.9 Å². The zero-order chi connectivity index (χ0) is 18.7. The molecule has 1 heterocycles. The molecule has 26 heavy (non-hydrogen) atoms. The SMILES string of the molecule is Cc1ccc(Cl)cc1NC(=S)N1CCN(Cc2c(Cl)cccc2Cl)CC1. The number of nitrogens with zero attached hydrogens (tertiary/aromatic N) is 2. The number of aryl methyl sites for hydroxylation is 1. The third-order valence-corrected chi connectivity index (χ3v) is 5.85. The number of hydrogen-bond donors (Lipinski definition) is 1. The Balaban J connectivity index is 1.56. The maximum atomic E-state index is 6.28. The molecule has 7 heteroatoms. The molecule has 1 aliphatic heterocycles. The van der Waals surface area contributed by atoms with E-state index in [4.69, 9.17) is 47.0 Å². The van der Waals surface area contributed by atoms with E-state index in [-0.39, 0.29) is 0 Å². The van der Waals surface area contributed by atoms with Gasteiger partial charge in [0.2, 0.25) is 0 Å². The van der Waals surface area contributed by atoms with Crippen molar-refractivity contribution in [1.82, 2.24) is 9.80 Å². The molecule has 1 saturated heterocycles. The van der Waals surface area contributed by atoms with Crippen molar-refractivity contribution in [2.24, 2.45) is 0 Å². The van der Waals surface area contributed by atoms with Crippen molar-refractivity contribution >= 4 is 57.8 Å². The summed E-state index contributed by atoms with van der Waals surface area (Å²) in [6.45, 7) is 6.29. The van der Waals surface area contributed by atoms with Crippen LogP contribution in [0.5, 0.6) is 0 Å². The Kier molecular flexibility index (Phi) is 6.65. The van der Waals surface area contributed by atoms with Crippen LogP contribution in [-0.4, -0.2) is 41.1 Å². The van der Waals surface area contributed by atoms with Gasteiger partial charge >= 0.3 is 0 Å². The molecule has 1 fully saturated rings. The lowest BCUT2D eigenvalue weighted by Crippen LogP contribution is -2.49. The minimum atomic E-state index is 0.697. The van der Waals surface area contributed by atoms with Crippen LogP contribution in [0.4, 0.5) is 5.69 Å². The van der Waals surface area contributed by atoms with E-state index in [9.17, 15) is 0 Å². The van der Waals surface area contributed by atoms with Gasteiger partial charge in [-0.15, -0.1) is 0 Å². The van der Waals surface area contributed by atoms with Crippen LogP contribution in [0.25, 0.3) is 0 Å². The van der Waals surface area contributed by atoms with Gasteiger partial charge in [-0.25, -0.2) is 0 Å². The van der Waals surface area contributed by atoms with Gasteiger partial charge in [0.15, 0.2) is 5.11 Å². The molecule has 1 aliphatic rings. The van der Waals surface area contributed by atoms with Gasteiger partial charge in [0.25, 0.3) is 0 Å². The lowest BCUT2D eigenvalue weighted by atomic mass is 10.2. The second-order valence-corrected chi connectivity index (χ2v) is 7.99. The summed E-state index contributed by atoms with van der Waals surface area (Å²) in [5.74, 6) is 0. The molecule has 0 bridgehead atoms. The highest BCUT2D eigenvalue weighted by atomic mass is 35.5. The number of hydrogen-bond acceptors (Lipinski definition) is 2. The zero-order valence-corrected chi connectivity index (χ0v) is 17.5. The van der Waals surface area contributed by atoms with E-state index in [1.165, 1.54) is 0 Å². The number of nitrogens with one attached hydrogen (secondary N) is 1. The van der Waals surface area contributed by atoms with Gasteiger partial charge in [-0.05, 0) is 49.0 Å². The van der Waals surface area contributed by atoms with Crippen molar-refractivity contribution in [3.05, 3.63) is 62.6 Å². The summed E-state index contributed by atoms with van der Waals surface area (Å²) in [6.07, 6.45) is 0. The highest BCUT2D eigenvalue weighted by molar-refractivity contribution is 7.80. The summed E-state index contributed by atoms with van der Waals surface area (Å²) in [4.78, 5) is 4.53. The fourth-order valence-electron chi connectivity index (χ4n) is 2.94. The van der Waals surface area contributed by atoms with Crippen LogP contribution in [0, 0.1) is 6.92 Å². The van der Waals surface area contributed by atoms with Gasteiger partial charge in [-0.2, -0.15) is 0 Å². The monoisotopic (exact) mass is 427 g/mol. The standard InChI is InChI=1S/C19H20Cl3N3S/c1-13-5-6-14(20)11-18(13)23-19(26)25-9-7-24(8-10-25)12-15-16(21)3-2-4-17(15)22/h2-6,11H,7-10,12H2,1H3,(H,23,26). The van der Waals surface area contributed by atoms with E-state index in [2.05, 4.69) is 15.1 Å². The molecular formula is C19H20Cl3N3S. The van der Waals surface area contributed by atoms with Crippen LogP contribution in [0.2, 0.25) is 15.1 Å². The highest BCUT2D eigenvalue weighted by Crippen LogP contribution is 2.26. The normalized spacial score (nSPS) is 15.2. The second-order valence-electron chi connectivity index (χ2n) is 6.35. The summed E-state index contributed by atoms with van der Waals surface area (Å²) in [5.41, 5.74) is 3.05. The van der Waals surface area contributed by atoms with Gasteiger partial charge in [0.05, 0.1) is 0 Å². The maximum absolute atomic E-state index is 6.28. The third kappa shape index (κ3) is 4.81. The van der Waals surface area contributed by atoms with E-state index < -0.39 is 0 Å². The average Bonchev–Trinajstić information content (AvgIpc) is 2.62. The number of piperazine rings is 1. The van der Waals surface area contributed by atoms with E-state index >= 15 is 0 Å². The van der Waals surface area contributed by atoms with Gasteiger partial charge in [0.1, 0.15) is 0 Å². The zero-order valence-electron chi connectivity index (χ0n) is 14.4. The molecule has 0 spiro atoms. The minimum Gasteiger partial charge on any atom is -0.346 e. The molecule has 0 saturated carbocycles. The van der Waals surface area contributed by atoms with Crippen molar-refractivity contribution < 1.29 is 0 Å². The first-order valence-electron chi connectivity index (χ1n) is 8.41. The van der Waals surface area contributed by atoms with Crippen LogP contribution < -0.4 is 5.32 Å². The molecule has 138 valence electrons. The van der Waals surface area contributed by atoms with Crippen LogP contribution in [0.1, 0.15) is 11.1 Å². The summed E-state index contributed by atoms with van der Waals surface area (Å²) < 4.78 is 0. The molecule has 0 radical (unpaired) electrons. The predicted molar refractivity (Wildman–Crippen MR) is 116 cm³/mol. The predicted octanol–water partition coefficient (Wildman–Crippen LogP) is 5.47. The lowest BCUT2D eigenvalue weighted by Gasteiger charge is -2.36. The average molecular weight is 429 g/mol. The van der Waals surface area contributed by atoms with E-state index in [1.807, 2.05) is 43.3 Å². The fraction of sp³-hybridized carbons (Fsp3) is 0.316. The molecule has 0 unspecified atom stereocenters. The Morgan fingerprint density at radius 3 is 2.35 bits per heavy atom. The van der Waals surface area contributed by atoms with E-state index in [0.29, 0.717) is 15.1 Å². The van der Waals surface area contributed by atoms with Crippen LogP contribution >= 0.6 is 47.0 Å². The molecule has 2 aromatic carbocycles. The second kappa shape index (κ2) is 8.77. The van der Waals surface area contributed by atoms with Crippen molar-refractivity contribution in [2.45, 2.75) is 13.5 Å². The summed E-state index contributed by atoms with van der Waals surface area (Å²) >= 11 is 24.2. The number of halogens is 3. The summed E-state index contributed by atoms with van der Waals surface area (Å²) in [6, 6.07) is 11.4. The quantitative estimate of drug-likeness (QED) is 0.653. The van der Waals surface area contributed by atoms with Crippen molar-refractivity contribution in [2.75, 3.05) is 31.5 Å². The Hall–Kier alpha value is -1.04. The molecule has 3 rings (SSSR count). The Morgan fingerprint density at radius 2 is 1.69 bits per heavy atom. The van der Waals surface area contributed by atoms with Crippen molar-refractivity contribution in [3.8, 4) is 0 Å². The highest BCUT2D eigenvalue weighted by Gasteiger charge is 2.20. The number of anilines is 1. The third-order valence-electron chi connectivity index (χ3n) is 4.54. The van der Waals surface area contributed by atoms with Crippen molar-refractivity contribution in [1.29, 1.82) is 0 Å². The van der Waals surface area contributed by atoms with Gasteiger partial charge in [0, 0.05) is 59.0 Å². The Morgan fingerprint density at radius 1 is 1.04 bits per heavy atom. The first kappa shape index (κ1) is 19.7. The van der Waals surface area contributed by atoms with E-state index in [1.54, 1.807) is 0 Å². The first-order chi connectivity index (χ1) is 12.4. The fourth-order valence-corrected chi connectivity index (χ4v) is 3.92. The minimum absolute atomic E-state index is 0.697. The topological polar surface area (TPSA) is 18.5 Å². The molecule has 0 aliphatic carbocycles.